The van der Waals surface area contributed by atoms with E-state index in [0.29, 0.717) is 11.9 Å². The molecule has 132 valence electrons. The molecule has 0 spiro atoms. The summed E-state index contributed by atoms with van der Waals surface area (Å²) in [6, 6.07) is 0.582. The number of halogens is 1. The largest absolute Gasteiger partial charge is 0.340 e. The van der Waals surface area contributed by atoms with E-state index in [-0.39, 0.29) is 12.4 Å². The Morgan fingerprint density at radius 1 is 1.13 bits per heavy atom. The molecule has 4 heteroatoms. The maximum atomic E-state index is 12.7. The van der Waals surface area contributed by atoms with Gasteiger partial charge in [-0.1, -0.05) is 6.42 Å². The fourth-order valence-corrected chi connectivity index (χ4v) is 5.86. The van der Waals surface area contributed by atoms with Crippen molar-refractivity contribution in [2.45, 2.75) is 70.3 Å². The average Bonchev–Trinajstić information content (AvgIpc) is 3.29. The van der Waals surface area contributed by atoms with E-state index in [1.807, 2.05) is 0 Å². The van der Waals surface area contributed by atoms with Crippen molar-refractivity contribution in [3.8, 4) is 0 Å². The zero-order chi connectivity index (χ0) is 14.9. The van der Waals surface area contributed by atoms with Crippen LogP contribution in [0.4, 0.5) is 0 Å². The topological polar surface area (TPSA) is 32.3 Å². The molecule has 0 aromatic carbocycles. The number of hydrogen-bond acceptors (Lipinski definition) is 2. The molecular weight excluding hydrogens is 308 g/mol. The SMILES string of the molecule is Cl.O=C(CCC1CCNC1)N1CCCC1CC1CC2CCC1C2. The summed E-state index contributed by atoms with van der Waals surface area (Å²) in [5.41, 5.74) is 0. The Hall–Kier alpha value is -0.280. The monoisotopic (exact) mass is 340 g/mol. The number of carbonyl (C=O) groups excluding carboxylic acids is 1. The van der Waals surface area contributed by atoms with Crippen LogP contribution < -0.4 is 5.32 Å². The molecule has 2 saturated heterocycles. The molecule has 2 bridgehead atoms. The molecule has 5 unspecified atom stereocenters. The van der Waals surface area contributed by atoms with Gasteiger partial charge in [0.1, 0.15) is 0 Å². The summed E-state index contributed by atoms with van der Waals surface area (Å²) >= 11 is 0. The highest BCUT2D eigenvalue weighted by atomic mass is 35.5. The summed E-state index contributed by atoms with van der Waals surface area (Å²) in [5, 5.41) is 3.41. The molecule has 4 rings (SSSR count). The Bertz CT molecular complexity index is 410. The van der Waals surface area contributed by atoms with Gasteiger partial charge in [0.2, 0.25) is 5.91 Å². The molecule has 0 aromatic rings. The third-order valence-electron chi connectivity index (χ3n) is 7.09. The number of nitrogens with zero attached hydrogens (tertiary/aromatic N) is 1. The molecule has 23 heavy (non-hydrogen) atoms. The Morgan fingerprint density at radius 2 is 2.04 bits per heavy atom. The lowest BCUT2D eigenvalue weighted by Crippen LogP contribution is -2.37. The van der Waals surface area contributed by atoms with Gasteiger partial charge in [-0.3, -0.25) is 4.79 Å². The van der Waals surface area contributed by atoms with E-state index in [9.17, 15) is 4.79 Å². The van der Waals surface area contributed by atoms with Gasteiger partial charge in [0.05, 0.1) is 0 Å². The van der Waals surface area contributed by atoms with E-state index in [0.717, 1.165) is 56.1 Å². The predicted octanol–water partition coefficient (Wildman–Crippen LogP) is 3.62. The highest BCUT2D eigenvalue weighted by Gasteiger charge is 2.42. The van der Waals surface area contributed by atoms with Crippen LogP contribution in [0.25, 0.3) is 0 Å². The standard InChI is InChI=1S/C19H32N2O.ClH/c22-19(6-4-14-7-8-20-13-14)21-9-1-2-18(21)12-17-11-15-3-5-16(17)10-15;/h14-18,20H,1-13H2;1H. The van der Waals surface area contributed by atoms with Crippen molar-refractivity contribution in [2.75, 3.05) is 19.6 Å². The fraction of sp³-hybridized carbons (Fsp3) is 0.947. The van der Waals surface area contributed by atoms with Crippen LogP contribution in [0, 0.1) is 23.7 Å². The van der Waals surface area contributed by atoms with Gasteiger partial charge in [-0.2, -0.15) is 0 Å². The van der Waals surface area contributed by atoms with E-state index >= 15 is 0 Å². The Balaban J connectivity index is 0.00000156. The summed E-state index contributed by atoms with van der Waals surface area (Å²) in [4.78, 5) is 14.9. The van der Waals surface area contributed by atoms with Crippen LogP contribution in [-0.4, -0.2) is 36.5 Å². The van der Waals surface area contributed by atoms with Crippen molar-refractivity contribution in [1.82, 2.24) is 10.2 Å². The van der Waals surface area contributed by atoms with Crippen molar-refractivity contribution in [1.29, 1.82) is 0 Å². The molecule has 0 aromatic heterocycles. The molecule has 0 radical (unpaired) electrons. The van der Waals surface area contributed by atoms with Crippen LogP contribution in [0.5, 0.6) is 0 Å². The summed E-state index contributed by atoms with van der Waals surface area (Å²) < 4.78 is 0. The smallest absolute Gasteiger partial charge is 0.222 e. The van der Waals surface area contributed by atoms with Gasteiger partial charge in [-0.05, 0) is 88.1 Å². The van der Waals surface area contributed by atoms with E-state index in [1.165, 1.54) is 51.4 Å². The maximum Gasteiger partial charge on any atom is 0.222 e. The molecule has 3 nitrogen and oxygen atoms in total. The van der Waals surface area contributed by atoms with Crippen LogP contribution in [0.1, 0.15) is 64.2 Å². The first-order valence-electron chi connectivity index (χ1n) is 9.80. The first-order chi connectivity index (χ1) is 10.8. The number of rotatable bonds is 5. The predicted molar refractivity (Wildman–Crippen MR) is 95.7 cm³/mol. The van der Waals surface area contributed by atoms with Crippen LogP contribution in [0.2, 0.25) is 0 Å². The van der Waals surface area contributed by atoms with Crippen molar-refractivity contribution < 1.29 is 4.79 Å². The lowest BCUT2D eigenvalue weighted by molar-refractivity contribution is -0.132. The molecule has 4 aliphatic rings. The minimum absolute atomic E-state index is 0. The number of nitrogens with one attached hydrogen (secondary N) is 1. The second-order valence-electron chi connectivity index (χ2n) is 8.45. The summed E-state index contributed by atoms with van der Waals surface area (Å²) in [6.07, 6.45) is 12.9. The van der Waals surface area contributed by atoms with Gasteiger partial charge < -0.3 is 10.2 Å². The highest BCUT2D eigenvalue weighted by Crippen LogP contribution is 2.50. The molecule has 2 aliphatic carbocycles. The quantitative estimate of drug-likeness (QED) is 0.829. The molecule has 2 saturated carbocycles. The van der Waals surface area contributed by atoms with E-state index in [1.54, 1.807) is 0 Å². The van der Waals surface area contributed by atoms with E-state index in [4.69, 9.17) is 0 Å². The van der Waals surface area contributed by atoms with Crippen molar-refractivity contribution in [2.24, 2.45) is 23.7 Å². The van der Waals surface area contributed by atoms with Crippen molar-refractivity contribution >= 4 is 18.3 Å². The number of likely N-dealkylation sites (tertiary alicyclic amines) is 1. The van der Waals surface area contributed by atoms with Crippen molar-refractivity contribution in [3.05, 3.63) is 0 Å². The summed E-state index contributed by atoms with van der Waals surface area (Å²) in [7, 11) is 0. The van der Waals surface area contributed by atoms with Gasteiger partial charge in [0, 0.05) is 19.0 Å². The highest BCUT2D eigenvalue weighted by molar-refractivity contribution is 5.85. The second-order valence-corrected chi connectivity index (χ2v) is 8.45. The summed E-state index contributed by atoms with van der Waals surface area (Å²) in [5.74, 6) is 4.19. The molecule has 2 aliphatic heterocycles. The number of amides is 1. The normalized spacial score (nSPS) is 39.0. The summed E-state index contributed by atoms with van der Waals surface area (Å²) in [6.45, 7) is 3.31. The molecule has 1 N–H and O–H groups in total. The van der Waals surface area contributed by atoms with Crippen molar-refractivity contribution in [3.63, 3.8) is 0 Å². The second kappa shape index (κ2) is 7.74. The van der Waals surface area contributed by atoms with Crippen LogP contribution >= 0.6 is 12.4 Å². The zero-order valence-corrected chi connectivity index (χ0v) is 15.2. The Kier molecular flexibility index (Phi) is 5.90. The molecular formula is C19H33ClN2O. The van der Waals surface area contributed by atoms with Gasteiger partial charge in [0.15, 0.2) is 0 Å². The van der Waals surface area contributed by atoms with E-state index < -0.39 is 0 Å². The molecule has 4 fully saturated rings. The third kappa shape index (κ3) is 3.87. The first kappa shape index (κ1) is 17.5. The first-order valence-corrected chi connectivity index (χ1v) is 9.80. The number of carbonyl (C=O) groups is 1. The Morgan fingerprint density at radius 3 is 2.74 bits per heavy atom. The average molecular weight is 341 g/mol. The number of hydrogen-bond donors (Lipinski definition) is 1. The number of fused-ring (bicyclic) bond motifs is 2. The minimum Gasteiger partial charge on any atom is -0.340 e. The maximum absolute atomic E-state index is 12.7. The van der Waals surface area contributed by atoms with E-state index in [2.05, 4.69) is 10.2 Å². The van der Waals surface area contributed by atoms with Crippen LogP contribution in [0.3, 0.4) is 0 Å². The molecule has 2 heterocycles. The Labute approximate surface area is 147 Å². The van der Waals surface area contributed by atoms with Crippen LogP contribution in [-0.2, 0) is 4.79 Å². The fourth-order valence-electron chi connectivity index (χ4n) is 5.86. The molecule has 5 atom stereocenters. The van der Waals surface area contributed by atoms with Gasteiger partial charge in [-0.15, -0.1) is 12.4 Å². The minimum atomic E-state index is 0. The van der Waals surface area contributed by atoms with Gasteiger partial charge in [0.25, 0.3) is 0 Å². The van der Waals surface area contributed by atoms with Gasteiger partial charge in [-0.25, -0.2) is 0 Å². The lowest BCUT2D eigenvalue weighted by atomic mass is 9.83. The third-order valence-corrected chi connectivity index (χ3v) is 7.09. The van der Waals surface area contributed by atoms with Gasteiger partial charge >= 0.3 is 0 Å². The van der Waals surface area contributed by atoms with Crippen LogP contribution in [0.15, 0.2) is 0 Å². The lowest BCUT2D eigenvalue weighted by Gasteiger charge is -2.30. The molecule has 1 amide bonds. The zero-order valence-electron chi connectivity index (χ0n) is 14.3.